The van der Waals surface area contributed by atoms with Crippen LogP contribution < -0.4 is 15.8 Å². The summed E-state index contributed by atoms with van der Waals surface area (Å²) in [7, 11) is 0. The van der Waals surface area contributed by atoms with Crippen molar-refractivity contribution in [2.75, 3.05) is 0 Å². The molecule has 0 bridgehead atoms. The molecule has 4 N–H and O–H groups in total. The lowest BCUT2D eigenvalue weighted by atomic mass is 10.1. The quantitative estimate of drug-likeness (QED) is 0.331. The van der Waals surface area contributed by atoms with Gasteiger partial charge in [-0.3, -0.25) is 5.41 Å². The average molecular weight is 335 g/mol. The van der Waals surface area contributed by atoms with Crippen LogP contribution in [0.2, 0.25) is 0 Å². The van der Waals surface area contributed by atoms with E-state index in [0.29, 0.717) is 12.2 Å². The summed E-state index contributed by atoms with van der Waals surface area (Å²) in [4.78, 5) is 24.1. The molecule has 0 spiro atoms. The predicted molar refractivity (Wildman–Crippen MR) is 91.1 cm³/mol. The summed E-state index contributed by atoms with van der Waals surface area (Å²) >= 11 is 0. The first-order valence-corrected chi connectivity index (χ1v) is 7.54. The largest absolute Gasteiger partial charge is 0.444 e. The maximum absolute atomic E-state index is 12.3. The van der Waals surface area contributed by atoms with Crippen LogP contribution >= 0.6 is 0 Å². The Morgan fingerprint density at radius 1 is 1.12 bits per heavy atom. The standard InChI is InChI=1S/C17H25N3O4/c1-16(2,3)24-15(22)20-17(4,5)14(21)23-12-8-6-11(7-9-12)10-13(18)19/h6-9H,10H2,1-5H3,(H3,18,19)(H,20,22). The normalized spacial score (nSPS) is 11.5. The first kappa shape index (κ1) is 19.5. The van der Waals surface area contributed by atoms with Crippen LogP contribution in [-0.2, 0) is 16.0 Å². The number of hydrogen-bond acceptors (Lipinski definition) is 5. The molecule has 1 rings (SSSR count). The maximum Gasteiger partial charge on any atom is 0.408 e. The Morgan fingerprint density at radius 2 is 1.67 bits per heavy atom. The van der Waals surface area contributed by atoms with Crippen molar-refractivity contribution in [2.24, 2.45) is 5.73 Å². The number of carbonyl (C=O) groups is 2. The predicted octanol–water partition coefficient (Wildman–Crippen LogP) is 2.37. The molecule has 0 aromatic heterocycles. The van der Waals surface area contributed by atoms with Crippen molar-refractivity contribution in [2.45, 2.75) is 52.2 Å². The van der Waals surface area contributed by atoms with Crippen molar-refractivity contribution in [3.8, 4) is 5.75 Å². The molecule has 0 saturated heterocycles. The highest BCUT2D eigenvalue weighted by Crippen LogP contribution is 2.16. The Labute approximate surface area is 142 Å². The zero-order chi connectivity index (χ0) is 18.5. The minimum absolute atomic E-state index is 0.0578. The van der Waals surface area contributed by atoms with Gasteiger partial charge in [0.1, 0.15) is 16.9 Å². The van der Waals surface area contributed by atoms with E-state index in [2.05, 4.69) is 5.32 Å². The van der Waals surface area contributed by atoms with Gasteiger partial charge in [-0.25, -0.2) is 9.59 Å². The molecule has 7 heteroatoms. The van der Waals surface area contributed by atoms with Gasteiger partial charge in [0.05, 0.1) is 5.84 Å². The SMILES string of the molecule is CC(C)(C)OC(=O)NC(C)(C)C(=O)Oc1ccc(CC(=N)N)cc1. The van der Waals surface area contributed by atoms with E-state index in [1.54, 1.807) is 45.0 Å². The van der Waals surface area contributed by atoms with Crippen molar-refractivity contribution < 1.29 is 19.1 Å². The van der Waals surface area contributed by atoms with Crippen molar-refractivity contribution in [3.63, 3.8) is 0 Å². The number of carbonyl (C=O) groups excluding carboxylic acids is 2. The third-order valence-electron chi connectivity index (χ3n) is 2.85. The summed E-state index contributed by atoms with van der Waals surface area (Å²) < 4.78 is 10.4. The molecule has 1 aromatic rings. The van der Waals surface area contributed by atoms with E-state index in [4.69, 9.17) is 20.6 Å². The van der Waals surface area contributed by atoms with Gasteiger partial charge in [-0.15, -0.1) is 0 Å². The van der Waals surface area contributed by atoms with Crippen molar-refractivity contribution in [1.82, 2.24) is 5.32 Å². The summed E-state index contributed by atoms with van der Waals surface area (Å²) in [6.07, 6.45) is -0.360. The Bertz CT molecular complexity index is 616. The molecular weight excluding hydrogens is 310 g/mol. The fourth-order valence-electron chi connectivity index (χ4n) is 1.74. The van der Waals surface area contributed by atoms with Crippen LogP contribution in [0.1, 0.15) is 40.2 Å². The first-order chi connectivity index (χ1) is 10.9. The third kappa shape index (κ3) is 6.68. The second-order valence-corrected chi connectivity index (χ2v) is 6.99. The molecule has 0 unspecified atom stereocenters. The zero-order valence-corrected chi connectivity index (χ0v) is 14.7. The van der Waals surface area contributed by atoms with Crippen LogP contribution in [0.4, 0.5) is 4.79 Å². The first-order valence-electron chi connectivity index (χ1n) is 7.54. The minimum atomic E-state index is -1.25. The molecule has 0 radical (unpaired) electrons. The number of amidine groups is 1. The molecule has 0 fully saturated rings. The third-order valence-corrected chi connectivity index (χ3v) is 2.85. The van der Waals surface area contributed by atoms with Crippen molar-refractivity contribution in [1.29, 1.82) is 5.41 Å². The Balaban J connectivity index is 2.68. The maximum atomic E-state index is 12.3. The number of esters is 1. The Hall–Kier alpha value is -2.57. The Morgan fingerprint density at radius 3 is 2.12 bits per heavy atom. The van der Waals surface area contributed by atoms with Gasteiger partial charge >= 0.3 is 12.1 Å². The van der Waals surface area contributed by atoms with Crippen LogP contribution in [0, 0.1) is 5.41 Å². The summed E-state index contributed by atoms with van der Waals surface area (Å²) in [5.41, 5.74) is 4.27. The van der Waals surface area contributed by atoms with E-state index in [0.717, 1.165) is 5.56 Å². The van der Waals surface area contributed by atoms with E-state index in [-0.39, 0.29) is 5.84 Å². The molecule has 0 heterocycles. The fraction of sp³-hybridized carbons (Fsp3) is 0.471. The molecule has 24 heavy (non-hydrogen) atoms. The average Bonchev–Trinajstić information content (AvgIpc) is 2.37. The smallest absolute Gasteiger partial charge is 0.408 e. The highest BCUT2D eigenvalue weighted by Gasteiger charge is 2.33. The van der Waals surface area contributed by atoms with E-state index >= 15 is 0 Å². The van der Waals surface area contributed by atoms with E-state index in [9.17, 15) is 9.59 Å². The zero-order valence-electron chi connectivity index (χ0n) is 14.7. The van der Waals surface area contributed by atoms with Gasteiger partial charge in [0.2, 0.25) is 0 Å². The van der Waals surface area contributed by atoms with E-state index in [1.165, 1.54) is 13.8 Å². The number of rotatable bonds is 5. The number of nitrogens with one attached hydrogen (secondary N) is 2. The van der Waals surface area contributed by atoms with Crippen LogP contribution in [0.25, 0.3) is 0 Å². The molecule has 132 valence electrons. The lowest BCUT2D eigenvalue weighted by molar-refractivity contribution is -0.140. The second kappa shape index (κ2) is 7.33. The highest BCUT2D eigenvalue weighted by molar-refractivity contribution is 5.86. The van der Waals surface area contributed by atoms with E-state index < -0.39 is 23.2 Å². The summed E-state index contributed by atoms with van der Waals surface area (Å²) in [6.45, 7) is 8.27. The fourth-order valence-corrected chi connectivity index (χ4v) is 1.74. The van der Waals surface area contributed by atoms with Gasteiger partial charge in [-0.2, -0.15) is 0 Å². The molecule has 0 aliphatic rings. The molecular formula is C17H25N3O4. The van der Waals surface area contributed by atoms with Crippen LogP contribution in [0.5, 0.6) is 5.75 Å². The number of alkyl carbamates (subject to hydrolysis) is 1. The van der Waals surface area contributed by atoms with Crippen molar-refractivity contribution >= 4 is 17.9 Å². The number of amides is 1. The van der Waals surface area contributed by atoms with E-state index in [1.807, 2.05) is 0 Å². The second-order valence-electron chi connectivity index (χ2n) is 6.99. The Kier molecular flexibility index (Phi) is 5.95. The lowest BCUT2D eigenvalue weighted by Gasteiger charge is -2.26. The monoisotopic (exact) mass is 335 g/mol. The topological polar surface area (TPSA) is 114 Å². The summed E-state index contributed by atoms with van der Waals surface area (Å²) in [6, 6.07) is 6.66. The van der Waals surface area contributed by atoms with Crippen LogP contribution in [0.15, 0.2) is 24.3 Å². The molecule has 0 aliphatic carbocycles. The van der Waals surface area contributed by atoms with Crippen LogP contribution in [0.3, 0.4) is 0 Å². The van der Waals surface area contributed by atoms with Crippen LogP contribution in [-0.4, -0.2) is 29.0 Å². The number of nitrogens with two attached hydrogens (primary N) is 1. The molecule has 0 atom stereocenters. The van der Waals surface area contributed by atoms with Crippen molar-refractivity contribution in [3.05, 3.63) is 29.8 Å². The highest BCUT2D eigenvalue weighted by atomic mass is 16.6. The van der Waals surface area contributed by atoms with Gasteiger partial charge in [0.15, 0.2) is 0 Å². The minimum Gasteiger partial charge on any atom is -0.444 e. The number of benzene rings is 1. The molecule has 0 saturated carbocycles. The summed E-state index contributed by atoms with van der Waals surface area (Å²) in [5, 5.41) is 9.74. The molecule has 1 aromatic carbocycles. The molecule has 7 nitrogen and oxygen atoms in total. The van der Waals surface area contributed by atoms with Gasteiger partial charge in [-0.1, -0.05) is 12.1 Å². The van der Waals surface area contributed by atoms with Gasteiger partial charge in [0.25, 0.3) is 0 Å². The van der Waals surface area contributed by atoms with Gasteiger partial charge < -0.3 is 20.5 Å². The molecule has 0 aliphatic heterocycles. The lowest BCUT2D eigenvalue weighted by Crippen LogP contribution is -2.52. The van der Waals surface area contributed by atoms with Gasteiger partial charge in [-0.05, 0) is 52.3 Å². The molecule has 1 amide bonds. The number of ether oxygens (including phenoxy) is 2. The van der Waals surface area contributed by atoms with Gasteiger partial charge in [0, 0.05) is 6.42 Å². The number of hydrogen-bond donors (Lipinski definition) is 3. The summed E-state index contributed by atoms with van der Waals surface area (Å²) in [5.74, 6) is -0.221.